The molecule has 1 aromatic rings. The summed E-state index contributed by atoms with van der Waals surface area (Å²) in [4.78, 5) is 0. The maximum atomic E-state index is 4.12. The summed E-state index contributed by atoms with van der Waals surface area (Å²) in [5.41, 5.74) is 1.13. The summed E-state index contributed by atoms with van der Waals surface area (Å²) in [7, 11) is 0. The van der Waals surface area contributed by atoms with Crippen LogP contribution in [0.1, 0.15) is 65.5 Å². The van der Waals surface area contributed by atoms with Crippen molar-refractivity contribution in [3.63, 3.8) is 0 Å². The fourth-order valence-corrected chi connectivity index (χ4v) is 1.52. The van der Waals surface area contributed by atoms with Gasteiger partial charge in [-0.05, 0) is 12.8 Å². The van der Waals surface area contributed by atoms with Crippen molar-refractivity contribution in [1.82, 2.24) is 15.0 Å². The van der Waals surface area contributed by atoms with Crippen LogP contribution in [0, 0.1) is 0 Å². The van der Waals surface area contributed by atoms with Crippen LogP contribution in [0.2, 0.25) is 0 Å². The number of hydrogen-bond acceptors (Lipinski definition) is 2. The van der Waals surface area contributed by atoms with Crippen molar-refractivity contribution in [2.45, 2.75) is 72.8 Å². The molecule has 0 aliphatic rings. The normalized spacial score (nSPS) is 9.75. The van der Waals surface area contributed by atoms with E-state index in [-0.39, 0.29) is 0 Å². The number of rotatable bonds is 7. The molecule has 16 heavy (non-hydrogen) atoms. The highest BCUT2D eigenvalue weighted by molar-refractivity contribution is 4.91. The summed E-state index contributed by atoms with van der Waals surface area (Å²) >= 11 is 0. The van der Waals surface area contributed by atoms with E-state index in [0.29, 0.717) is 0 Å². The summed E-state index contributed by atoms with van der Waals surface area (Å²) in [6.45, 7) is 9.42. The Balaban J connectivity index is 0.00000106. The van der Waals surface area contributed by atoms with Gasteiger partial charge in [0.25, 0.3) is 0 Å². The Morgan fingerprint density at radius 3 is 2.44 bits per heavy atom. The molecular formula is C13H27N3. The van der Waals surface area contributed by atoms with Crippen molar-refractivity contribution in [3.8, 4) is 0 Å². The van der Waals surface area contributed by atoms with Crippen LogP contribution in [-0.4, -0.2) is 15.0 Å². The van der Waals surface area contributed by atoms with Crippen molar-refractivity contribution in [2.75, 3.05) is 0 Å². The largest absolute Gasteiger partial charge is 0.252 e. The fourth-order valence-electron chi connectivity index (χ4n) is 1.52. The lowest BCUT2D eigenvalue weighted by molar-refractivity contribution is 0.527. The molecule has 1 heterocycles. The third-order valence-corrected chi connectivity index (χ3v) is 2.33. The van der Waals surface area contributed by atoms with E-state index in [1.807, 2.05) is 18.5 Å². The molecule has 0 radical (unpaired) electrons. The average molecular weight is 225 g/mol. The van der Waals surface area contributed by atoms with Crippen molar-refractivity contribution in [1.29, 1.82) is 0 Å². The van der Waals surface area contributed by atoms with Crippen LogP contribution in [-0.2, 0) is 13.0 Å². The van der Waals surface area contributed by atoms with E-state index in [0.717, 1.165) is 25.1 Å². The Labute approximate surface area is 100 Å². The third kappa shape index (κ3) is 6.59. The van der Waals surface area contributed by atoms with E-state index >= 15 is 0 Å². The zero-order chi connectivity index (χ0) is 12.2. The molecule has 0 aliphatic carbocycles. The van der Waals surface area contributed by atoms with Gasteiger partial charge in [-0.15, -0.1) is 5.10 Å². The first-order valence-electron chi connectivity index (χ1n) is 6.75. The van der Waals surface area contributed by atoms with Crippen LogP contribution in [0.5, 0.6) is 0 Å². The molecule has 3 heteroatoms. The number of aryl methyl sites for hydroxylation is 2. The molecule has 0 saturated heterocycles. The van der Waals surface area contributed by atoms with E-state index in [2.05, 4.69) is 30.4 Å². The second-order valence-electron chi connectivity index (χ2n) is 3.78. The van der Waals surface area contributed by atoms with E-state index in [9.17, 15) is 0 Å². The maximum absolute atomic E-state index is 4.12. The van der Waals surface area contributed by atoms with Gasteiger partial charge in [0.2, 0.25) is 0 Å². The van der Waals surface area contributed by atoms with Crippen LogP contribution in [0.4, 0.5) is 0 Å². The highest BCUT2D eigenvalue weighted by atomic mass is 15.4. The fraction of sp³-hybridized carbons (Fsp3) is 0.846. The zero-order valence-electron chi connectivity index (χ0n) is 11.4. The zero-order valence-corrected chi connectivity index (χ0v) is 11.4. The molecule has 0 bridgehead atoms. The van der Waals surface area contributed by atoms with E-state index in [1.165, 1.54) is 25.7 Å². The summed E-state index contributed by atoms with van der Waals surface area (Å²) in [5.74, 6) is 0. The van der Waals surface area contributed by atoms with Gasteiger partial charge in [0, 0.05) is 12.7 Å². The van der Waals surface area contributed by atoms with Gasteiger partial charge in [-0.1, -0.05) is 58.6 Å². The quantitative estimate of drug-likeness (QED) is 0.660. The number of aromatic nitrogens is 3. The van der Waals surface area contributed by atoms with Crippen LogP contribution in [0.25, 0.3) is 0 Å². The molecule has 0 fully saturated rings. The first-order valence-corrected chi connectivity index (χ1v) is 6.75. The predicted octanol–water partition coefficient (Wildman–Crippen LogP) is 3.84. The summed E-state index contributed by atoms with van der Waals surface area (Å²) in [6, 6.07) is 0. The first kappa shape index (κ1) is 15.1. The summed E-state index contributed by atoms with van der Waals surface area (Å²) < 4.78 is 1.97. The minimum absolute atomic E-state index is 1.02. The highest BCUT2D eigenvalue weighted by Gasteiger charge is 1.98. The van der Waals surface area contributed by atoms with Gasteiger partial charge in [0.15, 0.2) is 0 Å². The monoisotopic (exact) mass is 225 g/mol. The number of nitrogens with zero attached hydrogens (tertiary/aromatic N) is 3. The molecular weight excluding hydrogens is 198 g/mol. The molecule has 3 nitrogen and oxygen atoms in total. The highest BCUT2D eigenvalue weighted by Crippen LogP contribution is 2.02. The topological polar surface area (TPSA) is 30.7 Å². The van der Waals surface area contributed by atoms with E-state index < -0.39 is 0 Å². The van der Waals surface area contributed by atoms with Crippen LogP contribution in [0.15, 0.2) is 6.20 Å². The van der Waals surface area contributed by atoms with E-state index in [4.69, 9.17) is 0 Å². The van der Waals surface area contributed by atoms with Crippen LogP contribution < -0.4 is 0 Å². The Morgan fingerprint density at radius 2 is 1.81 bits per heavy atom. The van der Waals surface area contributed by atoms with Crippen LogP contribution >= 0.6 is 0 Å². The van der Waals surface area contributed by atoms with Gasteiger partial charge >= 0.3 is 0 Å². The van der Waals surface area contributed by atoms with Crippen LogP contribution in [0.3, 0.4) is 0 Å². The molecule has 0 atom stereocenters. The van der Waals surface area contributed by atoms with Crippen molar-refractivity contribution in [2.24, 2.45) is 0 Å². The molecule has 94 valence electrons. The van der Waals surface area contributed by atoms with Gasteiger partial charge in [-0.25, -0.2) is 0 Å². The third-order valence-electron chi connectivity index (χ3n) is 2.33. The van der Waals surface area contributed by atoms with Gasteiger partial charge in [-0.2, -0.15) is 0 Å². The molecule has 0 spiro atoms. The first-order chi connectivity index (χ1) is 7.86. The lowest BCUT2D eigenvalue weighted by Crippen LogP contribution is -1.98. The SMILES string of the molecule is CC.CCCCCCn1cc(CCC)nn1. The minimum Gasteiger partial charge on any atom is -0.252 e. The Morgan fingerprint density at radius 1 is 1.06 bits per heavy atom. The Bertz CT molecular complexity index is 243. The second-order valence-corrected chi connectivity index (χ2v) is 3.78. The van der Waals surface area contributed by atoms with E-state index in [1.54, 1.807) is 0 Å². The Kier molecular flexibility index (Phi) is 10.1. The summed E-state index contributed by atoms with van der Waals surface area (Å²) in [5, 5.41) is 8.22. The second kappa shape index (κ2) is 10.7. The molecule has 0 aliphatic heterocycles. The van der Waals surface area contributed by atoms with Gasteiger partial charge < -0.3 is 0 Å². The number of unbranched alkanes of at least 4 members (excludes halogenated alkanes) is 3. The predicted molar refractivity (Wildman–Crippen MR) is 69.5 cm³/mol. The molecule has 1 aromatic heterocycles. The van der Waals surface area contributed by atoms with Gasteiger partial charge in [0.05, 0.1) is 5.69 Å². The summed E-state index contributed by atoms with van der Waals surface area (Å²) in [6.07, 6.45) is 9.43. The molecule has 0 unspecified atom stereocenters. The smallest absolute Gasteiger partial charge is 0.0827 e. The van der Waals surface area contributed by atoms with Crippen molar-refractivity contribution < 1.29 is 0 Å². The van der Waals surface area contributed by atoms with Gasteiger partial charge in [0.1, 0.15) is 0 Å². The molecule has 0 N–H and O–H groups in total. The van der Waals surface area contributed by atoms with Crippen molar-refractivity contribution in [3.05, 3.63) is 11.9 Å². The van der Waals surface area contributed by atoms with Crippen molar-refractivity contribution >= 4 is 0 Å². The lowest BCUT2D eigenvalue weighted by atomic mass is 10.2. The lowest BCUT2D eigenvalue weighted by Gasteiger charge is -1.98. The maximum Gasteiger partial charge on any atom is 0.0827 e. The molecule has 0 aromatic carbocycles. The molecule has 0 amide bonds. The molecule has 1 rings (SSSR count). The minimum atomic E-state index is 1.02. The standard InChI is InChI=1S/C11H21N3.C2H6/c1-3-5-6-7-9-14-10-11(8-4-2)12-13-14;1-2/h10H,3-9H2,1-2H3;1-2H3. The Hall–Kier alpha value is -0.860. The average Bonchev–Trinajstić information content (AvgIpc) is 2.76. The molecule has 0 saturated carbocycles. The number of hydrogen-bond donors (Lipinski definition) is 0. The van der Waals surface area contributed by atoms with Gasteiger partial charge in [-0.3, -0.25) is 4.68 Å².